The maximum absolute atomic E-state index is 12.1. The number of amides is 1. The van der Waals surface area contributed by atoms with Gasteiger partial charge in [-0.15, -0.1) is 0 Å². The second-order valence-electron chi connectivity index (χ2n) is 4.85. The van der Waals surface area contributed by atoms with Gasteiger partial charge in [0.2, 0.25) is 5.91 Å². The van der Waals surface area contributed by atoms with Crippen LogP contribution in [-0.2, 0) is 4.79 Å². The summed E-state index contributed by atoms with van der Waals surface area (Å²) >= 11 is 0. The molecule has 5 heteroatoms. The number of carbonyl (C=O) groups excluding carboxylic acids is 1. The third-order valence-electron chi connectivity index (χ3n) is 3.44. The summed E-state index contributed by atoms with van der Waals surface area (Å²) in [5.74, 6) is 1.46. The van der Waals surface area contributed by atoms with Gasteiger partial charge in [0.15, 0.2) is 11.5 Å². The number of piperidine rings is 1. The van der Waals surface area contributed by atoms with Gasteiger partial charge in [-0.05, 0) is 31.5 Å². The van der Waals surface area contributed by atoms with Crippen LogP contribution in [0.15, 0.2) is 18.2 Å². The summed E-state index contributed by atoms with van der Waals surface area (Å²) in [6.45, 7) is 2.04. The minimum absolute atomic E-state index is 0.0244. The van der Waals surface area contributed by atoms with E-state index >= 15 is 0 Å². The van der Waals surface area contributed by atoms with Crippen LogP contribution in [0, 0.1) is 0 Å². The number of ether oxygens (including phenoxy) is 2. The first-order valence-electron chi connectivity index (χ1n) is 6.77. The summed E-state index contributed by atoms with van der Waals surface area (Å²) in [5, 5.41) is 6.16. The van der Waals surface area contributed by atoms with E-state index in [1.165, 1.54) is 0 Å². The topological polar surface area (TPSA) is 59.6 Å². The Morgan fingerprint density at radius 2 is 2.05 bits per heavy atom. The molecule has 2 N–H and O–H groups in total. The van der Waals surface area contributed by atoms with Crippen LogP contribution in [0.3, 0.4) is 0 Å². The summed E-state index contributed by atoms with van der Waals surface area (Å²) in [7, 11) is 0. The number of hydrogen-bond acceptors (Lipinski definition) is 4. The monoisotopic (exact) mass is 262 g/mol. The molecule has 1 amide bonds. The number of nitrogens with one attached hydrogen (secondary N) is 2. The van der Waals surface area contributed by atoms with Crippen molar-refractivity contribution < 1.29 is 14.3 Å². The lowest BCUT2D eigenvalue weighted by molar-refractivity contribution is -0.118. The van der Waals surface area contributed by atoms with Crippen LogP contribution >= 0.6 is 0 Å². The van der Waals surface area contributed by atoms with Crippen LogP contribution in [-0.4, -0.2) is 31.7 Å². The zero-order valence-electron chi connectivity index (χ0n) is 10.8. The smallest absolute Gasteiger partial charge is 0.241 e. The number of benzene rings is 1. The van der Waals surface area contributed by atoms with Gasteiger partial charge in [-0.3, -0.25) is 4.79 Å². The van der Waals surface area contributed by atoms with Gasteiger partial charge in [0.1, 0.15) is 13.2 Å². The molecule has 19 heavy (non-hydrogen) atoms. The standard InChI is InChI=1S/C14H18N2O3/c17-14(11-3-1-2-6-15-11)16-10-4-5-12-13(9-10)19-8-7-18-12/h4-5,9,11,15H,1-3,6-8H2,(H,16,17). The Morgan fingerprint density at radius 3 is 2.84 bits per heavy atom. The molecule has 1 aromatic rings. The van der Waals surface area contributed by atoms with Crippen LogP contribution < -0.4 is 20.1 Å². The van der Waals surface area contributed by atoms with Crippen LogP contribution in [0.4, 0.5) is 5.69 Å². The van der Waals surface area contributed by atoms with Gasteiger partial charge in [-0.25, -0.2) is 0 Å². The molecule has 0 aliphatic carbocycles. The largest absolute Gasteiger partial charge is 0.486 e. The Balaban J connectivity index is 1.67. The molecule has 0 aromatic heterocycles. The van der Waals surface area contributed by atoms with Gasteiger partial charge < -0.3 is 20.1 Å². The lowest BCUT2D eigenvalue weighted by Gasteiger charge is -2.23. The Bertz CT molecular complexity index is 470. The Kier molecular flexibility index (Phi) is 3.55. The molecule has 0 radical (unpaired) electrons. The first-order valence-corrected chi connectivity index (χ1v) is 6.77. The summed E-state index contributed by atoms with van der Waals surface area (Å²) in [6, 6.07) is 5.41. The van der Waals surface area contributed by atoms with E-state index in [1.807, 2.05) is 18.2 Å². The second-order valence-corrected chi connectivity index (χ2v) is 4.85. The van der Waals surface area contributed by atoms with E-state index in [-0.39, 0.29) is 11.9 Å². The van der Waals surface area contributed by atoms with Crippen LogP contribution in [0.5, 0.6) is 11.5 Å². The number of rotatable bonds is 2. The fourth-order valence-corrected chi connectivity index (χ4v) is 2.43. The molecule has 2 aliphatic heterocycles. The van der Waals surface area contributed by atoms with Gasteiger partial charge in [-0.2, -0.15) is 0 Å². The molecule has 0 bridgehead atoms. The maximum Gasteiger partial charge on any atom is 0.241 e. The van der Waals surface area contributed by atoms with E-state index in [0.29, 0.717) is 19.0 Å². The van der Waals surface area contributed by atoms with E-state index in [4.69, 9.17) is 9.47 Å². The Labute approximate surface area is 112 Å². The van der Waals surface area contributed by atoms with Gasteiger partial charge >= 0.3 is 0 Å². The summed E-state index contributed by atoms with van der Waals surface area (Å²) < 4.78 is 10.9. The number of hydrogen-bond donors (Lipinski definition) is 2. The SMILES string of the molecule is O=C(Nc1ccc2c(c1)OCCO2)C1CCCCN1. The normalized spacial score (nSPS) is 21.8. The molecule has 0 spiro atoms. The van der Waals surface area contributed by atoms with E-state index in [1.54, 1.807) is 0 Å². The van der Waals surface area contributed by atoms with E-state index in [2.05, 4.69) is 10.6 Å². The van der Waals surface area contributed by atoms with Crippen molar-refractivity contribution >= 4 is 11.6 Å². The molecule has 102 valence electrons. The van der Waals surface area contributed by atoms with Crippen molar-refractivity contribution in [1.29, 1.82) is 0 Å². The molecular weight excluding hydrogens is 244 g/mol. The van der Waals surface area contributed by atoms with E-state index in [0.717, 1.165) is 37.2 Å². The summed E-state index contributed by atoms with van der Waals surface area (Å²) in [6.07, 6.45) is 3.15. The molecule has 1 fully saturated rings. The molecule has 3 rings (SSSR count). The first kappa shape index (κ1) is 12.3. The van der Waals surface area contributed by atoms with Crippen molar-refractivity contribution in [1.82, 2.24) is 5.32 Å². The number of anilines is 1. The molecule has 1 saturated heterocycles. The third kappa shape index (κ3) is 2.81. The van der Waals surface area contributed by atoms with Crippen LogP contribution in [0.25, 0.3) is 0 Å². The molecular formula is C14H18N2O3. The average molecular weight is 262 g/mol. The van der Waals surface area contributed by atoms with E-state index < -0.39 is 0 Å². The summed E-state index contributed by atoms with van der Waals surface area (Å²) in [4.78, 5) is 12.1. The van der Waals surface area contributed by atoms with E-state index in [9.17, 15) is 4.79 Å². The fraction of sp³-hybridized carbons (Fsp3) is 0.500. The third-order valence-corrected chi connectivity index (χ3v) is 3.44. The van der Waals surface area contributed by atoms with Crippen molar-refractivity contribution in [3.8, 4) is 11.5 Å². The van der Waals surface area contributed by atoms with Crippen LogP contribution in [0.1, 0.15) is 19.3 Å². The van der Waals surface area contributed by atoms with Crippen molar-refractivity contribution in [2.45, 2.75) is 25.3 Å². The van der Waals surface area contributed by atoms with Gasteiger partial charge in [0.05, 0.1) is 6.04 Å². The molecule has 1 aromatic carbocycles. The lowest BCUT2D eigenvalue weighted by Crippen LogP contribution is -2.43. The minimum atomic E-state index is -0.0815. The van der Waals surface area contributed by atoms with Crippen molar-refractivity contribution in [2.24, 2.45) is 0 Å². The lowest BCUT2D eigenvalue weighted by atomic mass is 10.0. The first-order chi connectivity index (χ1) is 9.33. The van der Waals surface area contributed by atoms with Gasteiger partial charge in [-0.1, -0.05) is 6.42 Å². The Hall–Kier alpha value is -1.75. The average Bonchev–Trinajstić information content (AvgIpc) is 2.48. The second kappa shape index (κ2) is 5.48. The van der Waals surface area contributed by atoms with Crippen molar-refractivity contribution in [3.63, 3.8) is 0 Å². The predicted octanol–water partition coefficient (Wildman–Crippen LogP) is 1.54. The van der Waals surface area contributed by atoms with Crippen molar-refractivity contribution in [3.05, 3.63) is 18.2 Å². The van der Waals surface area contributed by atoms with Crippen molar-refractivity contribution in [2.75, 3.05) is 25.1 Å². The predicted molar refractivity (Wildman–Crippen MR) is 71.7 cm³/mol. The quantitative estimate of drug-likeness (QED) is 0.848. The van der Waals surface area contributed by atoms with Crippen LogP contribution in [0.2, 0.25) is 0 Å². The fourth-order valence-electron chi connectivity index (χ4n) is 2.43. The molecule has 1 unspecified atom stereocenters. The minimum Gasteiger partial charge on any atom is -0.486 e. The molecule has 2 aliphatic rings. The molecule has 5 nitrogen and oxygen atoms in total. The zero-order valence-corrected chi connectivity index (χ0v) is 10.8. The highest BCUT2D eigenvalue weighted by atomic mass is 16.6. The Morgan fingerprint density at radius 1 is 1.21 bits per heavy atom. The summed E-state index contributed by atoms with van der Waals surface area (Å²) in [5.41, 5.74) is 0.752. The highest BCUT2D eigenvalue weighted by Gasteiger charge is 2.21. The highest BCUT2D eigenvalue weighted by Crippen LogP contribution is 2.32. The highest BCUT2D eigenvalue weighted by molar-refractivity contribution is 5.95. The number of fused-ring (bicyclic) bond motifs is 1. The molecule has 2 heterocycles. The maximum atomic E-state index is 12.1. The zero-order chi connectivity index (χ0) is 13.1. The number of carbonyl (C=O) groups is 1. The van der Waals surface area contributed by atoms with Gasteiger partial charge in [0.25, 0.3) is 0 Å². The molecule has 0 saturated carbocycles. The molecule has 1 atom stereocenters. The van der Waals surface area contributed by atoms with Gasteiger partial charge in [0, 0.05) is 11.8 Å².